The Hall–Kier alpha value is -1.02. The number of epoxide rings is 1. The molecule has 1 aromatic carbocycles. The lowest BCUT2D eigenvalue weighted by Gasteiger charge is -2.16. The van der Waals surface area contributed by atoms with E-state index in [0.29, 0.717) is 6.10 Å². The minimum atomic E-state index is 0.515. The van der Waals surface area contributed by atoms with Gasteiger partial charge in [-0.2, -0.15) is 0 Å². The SMILES string of the molecule is CCOc1cc(C)c(CCC2CO2)c(C)c1C. The second-order valence-electron chi connectivity index (χ2n) is 4.85. The van der Waals surface area contributed by atoms with Gasteiger partial charge in [0.05, 0.1) is 19.3 Å². The third-order valence-corrected chi connectivity index (χ3v) is 3.63. The average molecular weight is 234 g/mol. The lowest BCUT2D eigenvalue weighted by molar-refractivity contribution is 0.337. The van der Waals surface area contributed by atoms with E-state index in [1.165, 1.54) is 22.3 Å². The maximum Gasteiger partial charge on any atom is 0.122 e. The zero-order valence-corrected chi connectivity index (χ0v) is 11.3. The number of hydrogen-bond acceptors (Lipinski definition) is 2. The molecular formula is C15H22O2. The first kappa shape index (κ1) is 12.4. The summed E-state index contributed by atoms with van der Waals surface area (Å²) in [7, 11) is 0. The Balaban J connectivity index is 2.21. The molecule has 2 rings (SSSR count). The van der Waals surface area contributed by atoms with Crippen LogP contribution in [0.2, 0.25) is 0 Å². The Labute approximate surface area is 104 Å². The highest BCUT2D eigenvalue weighted by atomic mass is 16.6. The summed E-state index contributed by atoms with van der Waals surface area (Å²) < 4.78 is 10.9. The van der Waals surface area contributed by atoms with E-state index in [-0.39, 0.29) is 0 Å². The van der Waals surface area contributed by atoms with Crippen molar-refractivity contribution in [3.8, 4) is 5.75 Å². The van der Waals surface area contributed by atoms with Gasteiger partial charge in [-0.15, -0.1) is 0 Å². The molecule has 0 aliphatic carbocycles. The standard InChI is InChI=1S/C15H22O2/c1-5-16-15-8-10(2)14(11(3)12(15)4)7-6-13-9-17-13/h8,13H,5-7,9H2,1-4H3. The van der Waals surface area contributed by atoms with Crippen LogP contribution >= 0.6 is 0 Å². The summed E-state index contributed by atoms with van der Waals surface area (Å²) in [6.45, 7) is 10.2. The van der Waals surface area contributed by atoms with Gasteiger partial charge in [-0.3, -0.25) is 0 Å². The summed E-state index contributed by atoms with van der Waals surface area (Å²) in [6.07, 6.45) is 2.78. The van der Waals surface area contributed by atoms with E-state index in [1.54, 1.807) is 0 Å². The molecular weight excluding hydrogens is 212 g/mol. The maximum absolute atomic E-state index is 5.67. The van der Waals surface area contributed by atoms with Crippen molar-refractivity contribution in [1.29, 1.82) is 0 Å². The molecule has 0 N–H and O–H groups in total. The molecule has 2 nitrogen and oxygen atoms in total. The summed E-state index contributed by atoms with van der Waals surface area (Å²) in [5.41, 5.74) is 5.48. The van der Waals surface area contributed by atoms with Crippen LogP contribution in [0.1, 0.15) is 35.6 Å². The van der Waals surface area contributed by atoms with Crippen molar-refractivity contribution in [1.82, 2.24) is 0 Å². The summed E-state index contributed by atoms with van der Waals surface area (Å²) in [4.78, 5) is 0. The molecule has 1 atom stereocenters. The van der Waals surface area contributed by atoms with E-state index in [0.717, 1.165) is 31.8 Å². The molecule has 1 heterocycles. The molecule has 1 fully saturated rings. The molecule has 0 aromatic heterocycles. The van der Waals surface area contributed by atoms with Crippen LogP contribution in [0.25, 0.3) is 0 Å². The van der Waals surface area contributed by atoms with Gasteiger partial charge in [0.15, 0.2) is 0 Å². The monoisotopic (exact) mass is 234 g/mol. The quantitative estimate of drug-likeness (QED) is 0.729. The highest BCUT2D eigenvalue weighted by Crippen LogP contribution is 2.29. The minimum absolute atomic E-state index is 0.515. The second-order valence-corrected chi connectivity index (χ2v) is 4.85. The van der Waals surface area contributed by atoms with Crippen LogP contribution in [-0.4, -0.2) is 19.3 Å². The van der Waals surface area contributed by atoms with E-state index in [9.17, 15) is 0 Å². The van der Waals surface area contributed by atoms with Crippen LogP contribution in [0.4, 0.5) is 0 Å². The van der Waals surface area contributed by atoms with Crippen molar-refractivity contribution in [2.24, 2.45) is 0 Å². The van der Waals surface area contributed by atoms with Crippen molar-refractivity contribution in [3.05, 3.63) is 28.3 Å². The van der Waals surface area contributed by atoms with Crippen LogP contribution < -0.4 is 4.74 Å². The first-order valence-corrected chi connectivity index (χ1v) is 6.47. The summed E-state index contributed by atoms with van der Waals surface area (Å²) in [5, 5.41) is 0. The van der Waals surface area contributed by atoms with Crippen molar-refractivity contribution >= 4 is 0 Å². The first-order chi connectivity index (χ1) is 8.13. The molecule has 0 bridgehead atoms. The summed E-state index contributed by atoms with van der Waals surface area (Å²) in [6, 6.07) is 2.18. The van der Waals surface area contributed by atoms with E-state index < -0.39 is 0 Å². The normalized spacial score (nSPS) is 18.2. The van der Waals surface area contributed by atoms with E-state index >= 15 is 0 Å². The van der Waals surface area contributed by atoms with Crippen LogP contribution in [0.5, 0.6) is 5.75 Å². The fourth-order valence-electron chi connectivity index (χ4n) is 2.33. The topological polar surface area (TPSA) is 21.8 Å². The molecule has 17 heavy (non-hydrogen) atoms. The zero-order chi connectivity index (χ0) is 12.4. The maximum atomic E-state index is 5.67. The summed E-state index contributed by atoms with van der Waals surface area (Å²) in [5.74, 6) is 1.04. The third-order valence-electron chi connectivity index (χ3n) is 3.63. The fourth-order valence-corrected chi connectivity index (χ4v) is 2.33. The number of benzene rings is 1. The van der Waals surface area contributed by atoms with E-state index in [2.05, 4.69) is 26.8 Å². The number of aryl methyl sites for hydroxylation is 1. The van der Waals surface area contributed by atoms with Crippen molar-refractivity contribution < 1.29 is 9.47 Å². The van der Waals surface area contributed by atoms with Gasteiger partial charge in [0.2, 0.25) is 0 Å². The van der Waals surface area contributed by atoms with Crippen LogP contribution in [-0.2, 0) is 11.2 Å². The average Bonchev–Trinajstić information content (AvgIpc) is 3.10. The molecule has 2 heteroatoms. The molecule has 1 aromatic rings. The highest BCUT2D eigenvalue weighted by Gasteiger charge is 2.22. The minimum Gasteiger partial charge on any atom is -0.494 e. The van der Waals surface area contributed by atoms with Gasteiger partial charge in [0.1, 0.15) is 5.75 Å². The molecule has 0 spiro atoms. The van der Waals surface area contributed by atoms with Crippen LogP contribution in [0, 0.1) is 20.8 Å². The Morgan fingerprint density at radius 2 is 2.00 bits per heavy atom. The van der Waals surface area contributed by atoms with Gasteiger partial charge in [-0.05, 0) is 68.9 Å². The van der Waals surface area contributed by atoms with Gasteiger partial charge in [-0.25, -0.2) is 0 Å². The van der Waals surface area contributed by atoms with Crippen LogP contribution in [0.3, 0.4) is 0 Å². The van der Waals surface area contributed by atoms with Crippen LogP contribution in [0.15, 0.2) is 6.07 Å². The predicted molar refractivity (Wildman–Crippen MR) is 69.9 cm³/mol. The molecule has 1 aliphatic rings. The van der Waals surface area contributed by atoms with Gasteiger partial charge < -0.3 is 9.47 Å². The highest BCUT2D eigenvalue weighted by molar-refractivity contribution is 5.48. The van der Waals surface area contributed by atoms with Crippen molar-refractivity contribution in [2.45, 2.75) is 46.6 Å². The van der Waals surface area contributed by atoms with Crippen molar-refractivity contribution in [2.75, 3.05) is 13.2 Å². The first-order valence-electron chi connectivity index (χ1n) is 6.47. The zero-order valence-electron chi connectivity index (χ0n) is 11.3. The smallest absolute Gasteiger partial charge is 0.122 e. The molecule has 1 aliphatic heterocycles. The Morgan fingerprint density at radius 3 is 2.59 bits per heavy atom. The lowest BCUT2D eigenvalue weighted by atomic mass is 9.93. The molecule has 1 saturated heterocycles. The van der Waals surface area contributed by atoms with E-state index in [1.807, 2.05) is 6.92 Å². The van der Waals surface area contributed by atoms with Gasteiger partial charge in [-0.1, -0.05) is 0 Å². The van der Waals surface area contributed by atoms with Crippen molar-refractivity contribution in [3.63, 3.8) is 0 Å². The fraction of sp³-hybridized carbons (Fsp3) is 0.600. The lowest BCUT2D eigenvalue weighted by Crippen LogP contribution is -2.03. The second kappa shape index (κ2) is 5.09. The largest absolute Gasteiger partial charge is 0.494 e. The number of rotatable bonds is 5. The molecule has 1 unspecified atom stereocenters. The summed E-state index contributed by atoms with van der Waals surface area (Å²) >= 11 is 0. The van der Waals surface area contributed by atoms with Gasteiger partial charge in [0, 0.05) is 0 Å². The molecule has 0 saturated carbocycles. The Bertz CT molecular complexity index is 406. The Kier molecular flexibility index (Phi) is 3.72. The predicted octanol–water partition coefficient (Wildman–Crippen LogP) is 3.34. The molecule has 0 radical (unpaired) electrons. The molecule has 0 amide bonds. The number of ether oxygens (including phenoxy) is 2. The Morgan fingerprint density at radius 1 is 1.29 bits per heavy atom. The third kappa shape index (κ3) is 2.81. The van der Waals surface area contributed by atoms with Gasteiger partial charge >= 0.3 is 0 Å². The molecule has 94 valence electrons. The van der Waals surface area contributed by atoms with Gasteiger partial charge in [0.25, 0.3) is 0 Å². The number of hydrogen-bond donors (Lipinski definition) is 0. The van der Waals surface area contributed by atoms with E-state index in [4.69, 9.17) is 9.47 Å².